The molecule has 0 amide bonds. The summed E-state index contributed by atoms with van der Waals surface area (Å²) in [5.41, 5.74) is 4.27. The maximum Gasteiger partial charge on any atom is 0.416 e. The van der Waals surface area contributed by atoms with E-state index >= 15 is 0 Å². The summed E-state index contributed by atoms with van der Waals surface area (Å²) in [6.45, 7) is 2.97. The van der Waals surface area contributed by atoms with Gasteiger partial charge in [-0.05, 0) is 55.0 Å². The number of methoxy groups -OCH3 is 1. The van der Waals surface area contributed by atoms with Crippen LogP contribution in [0.2, 0.25) is 0 Å². The zero-order valence-electron chi connectivity index (χ0n) is 20.7. The summed E-state index contributed by atoms with van der Waals surface area (Å²) >= 11 is 1.45. The van der Waals surface area contributed by atoms with Gasteiger partial charge in [0.1, 0.15) is 5.01 Å². The minimum absolute atomic E-state index is 0.394. The van der Waals surface area contributed by atoms with E-state index in [1.54, 1.807) is 6.07 Å². The molecule has 2 heterocycles. The van der Waals surface area contributed by atoms with Crippen molar-refractivity contribution in [1.29, 1.82) is 0 Å². The molecule has 0 aliphatic heterocycles. The van der Waals surface area contributed by atoms with E-state index in [0.717, 1.165) is 44.9 Å². The Morgan fingerprint density at radius 1 is 1.03 bits per heavy atom. The lowest BCUT2D eigenvalue weighted by atomic mass is 10.1. The van der Waals surface area contributed by atoms with Crippen LogP contribution >= 0.6 is 11.3 Å². The predicted molar refractivity (Wildman–Crippen MR) is 142 cm³/mol. The number of carbonyl (C=O) groups is 1. The van der Waals surface area contributed by atoms with Gasteiger partial charge in [0.2, 0.25) is 0 Å². The number of carbonyl (C=O) groups excluding carboxylic acids is 1. The lowest BCUT2D eigenvalue weighted by molar-refractivity contribution is -0.137. The highest BCUT2D eigenvalue weighted by molar-refractivity contribution is 7.15. The van der Waals surface area contributed by atoms with Crippen LogP contribution in [-0.4, -0.2) is 22.6 Å². The molecule has 38 heavy (non-hydrogen) atoms. The second-order valence-corrected chi connectivity index (χ2v) is 9.87. The highest BCUT2D eigenvalue weighted by atomic mass is 32.1. The molecule has 2 aromatic heterocycles. The average molecular weight is 536 g/mol. The van der Waals surface area contributed by atoms with Gasteiger partial charge in [0.15, 0.2) is 0 Å². The Bertz CT molecular complexity index is 1590. The summed E-state index contributed by atoms with van der Waals surface area (Å²) in [7, 11) is 1.36. The number of alkyl halides is 3. The number of ether oxygens (including phenoxy) is 1. The first kappa shape index (κ1) is 25.7. The van der Waals surface area contributed by atoms with Gasteiger partial charge in [-0.3, -0.25) is 0 Å². The number of nitrogens with zero attached hydrogens (tertiary/aromatic N) is 2. The molecule has 3 aromatic carbocycles. The van der Waals surface area contributed by atoms with Crippen LogP contribution in [-0.2, 0) is 24.0 Å². The van der Waals surface area contributed by atoms with Gasteiger partial charge in [0, 0.05) is 40.8 Å². The lowest BCUT2D eigenvalue weighted by Gasteiger charge is -2.06. The number of thiazole rings is 1. The Balaban J connectivity index is 1.37. The van der Waals surface area contributed by atoms with E-state index < -0.39 is 17.7 Å². The van der Waals surface area contributed by atoms with Crippen molar-refractivity contribution in [1.82, 2.24) is 14.9 Å². The van der Waals surface area contributed by atoms with E-state index in [1.165, 1.54) is 30.6 Å². The number of esters is 1. The number of rotatable bonds is 7. The molecule has 0 atom stereocenters. The first-order valence-electron chi connectivity index (χ1n) is 11.9. The van der Waals surface area contributed by atoms with Crippen molar-refractivity contribution in [3.8, 4) is 16.3 Å². The average Bonchev–Trinajstić information content (AvgIpc) is 3.48. The van der Waals surface area contributed by atoms with E-state index in [-0.39, 0.29) is 0 Å². The SMILES string of the molecule is COC(=O)c1ccc2c(c1)c(CNCc1sc(-c3ccc(C(F)(F)F)cc3)nc1C)cn2-c1ccccc1. The molecule has 5 aromatic rings. The van der Waals surface area contributed by atoms with Crippen LogP contribution in [0.4, 0.5) is 13.2 Å². The molecule has 194 valence electrons. The molecule has 0 radical (unpaired) electrons. The van der Waals surface area contributed by atoms with E-state index in [1.807, 2.05) is 49.4 Å². The topological polar surface area (TPSA) is 56.1 Å². The van der Waals surface area contributed by atoms with Crippen LogP contribution in [0.1, 0.15) is 32.1 Å². The van der Waals surface area contributed by atoms with Crippen molar-refractivity contribution in [3.05, 3.63) is 106 Å². The molecule has 9 heteroatoms. The highest BCUT2D eigenvalue weighted by Crippen LogP contribution is 2.33. The maximum atomic E-state index is 12.9. The van der Waals surface area contributed by atoms with Crippen molar-refractivity contribution in [2.75, 3.05) is 7.11 Å². The molecular formula is C29H24F3N3O2S. The molecule has 1 N–H and O–H groups in total. The van der Waals surface area contributed by atoms with Crippen LogP contribution in [0.25, 0.3) is 27.2 Å². The number of halogens is 3. The summed E-state index contributed by atoms with van der Waals surface area (Å²) in [6.07, 6.45) is -2.31. The largest absolute Gasteiger partial charge is 0.465 e. The molecule has 0 saturated heterocycles. The second-order valence-electron chi connectivity index (χ2n) is 8.79. The molecular weight excluding hydrogens is 511 g/mol. The Hall–Kier alpha value is -3.95. The maximum absolute atomic E-state index is 12.9. The molecule has 0 fully saturated rings. The van der Waals surface area contributed by atoms with Gasteiger partial charge in [-0.25, -0.2) is 9.78 Å². The normalized spacial score (nSPS) is 11.7. The van der Waals surface area contributed by atoms with Gasteiger partial charge in [-0.15, -0.1) is 11.3 Å². The van der Waals surface area contributed by atoms with Gasteiger partial charge >= 0.3 is 12.1 Å². The number of aryl methyl sites for hydroxylation is 1. The number of fused-ring (bicyclic) bond motifs is 1. The van der Waals surface area contributed by atoms with E-state index in [0.29, 0.717) is 29.2 Å². The minimum atomic E-state index is -4.37. The van der Waals surface area contributed by atoms with Crippen LogP contribution in [0.3, 0.4) is 0 Å². The van der Waals surface area contributed by atoms with E-state index in [4.69, 9.17) is 4.74 Å². The monoisotopic (exact) mass is 535 g/mol. The molecule has 0 aliphatic carbocycles. The van der Waals surface area contributed by atoms with Crippen molar-refractivity contribution >= 4 is 28.2 Å². The quantitative estimate of drug-likeness (QED) is 0.225. The number of para-hydroxylation sites is 1. The number of benzene rings is 3. The number of hydrogen-bond donors (Lipinski definition) is 1. The van der Waals surface area contributed by atoms with Gasteiger partial charge in [0.25, 0.3) is 0 Å². The van der Waals surface area contributed by atoms with Crippen LogP contribution in [0, 0.1) is 6.92 Å². The van der Waals surface area contributed by atoms with E-state index in [9.17, 15) is 18.0 Å². The zero-order chi connectivity index (χ0) is 26.9. The first-order chi connectivity index (χ1) is 18.2. The molecule has 0 saturated carbocycles. The second kappa shape index (κ2) is 10.4. The van der Waals surface area contributed by atoms with Gasteiger partial charge in [0.05, 0.1) is 29.4 Å². The lowest BCUT2D eigenvalue weighted by Crippen LogP contribution is -2.12. The van der Waals surface area contributed by atoms with Crippen molar-refractivity contribution in [2.24, 2.45) is 0 Å². The predicted octanol–water partition coefficient (Wildman–Crippen LogP) is 7.16. The fourth-order valence-corrected chi connectivity index (χ4v) is 5.35. The summed E-state index contributed by atoms with van der Waals surface area (Å²) in [4.78, 5) is 17.7. The highest BCUT2D eigenvalue weighted by Gasteiger charge is 2.30. The third kappa shape index (κ3) is 5.20. The Morgan fingerprint density at radius 2 is 1.76 bits per heavy atom. The molecule has 5 nitrogen and oxygen atoms in total. The van der Waals surface area contributed by atoms with Crippen molar-refractivity contribution < 1.29 is 22.7 Å². The zero-order valence-corrected chi connectivity index (χ0v) is 21.5. The summed E-state index contributed by atoms with van der Waals surface area (Å²) < 4.78 is 45.7. The van der Waals surface area contributed by atoms with Crippen LogP contribution < -0.4 is 5.32 Å². The molecule has 0 spiro atoms. The Labute approximate surface area is 221 Å². The molecule has 0 unspecified atom stereocenters. The number of nitrogens with one attached hydrogen (secondary N) is 1. The van der Waals surface area contributed by atoms with Crippen LogP contribution in [0.5, 0.6) is 0 Å². The van der Waals surface area contributed by atoms with Gasteiger partial charge < -0.3 is 14.6 Å². The Morgan fingerprint density at radius 3 is 2.45 bits per heavy atom. The van der Waals surface area contributed by atoms with Gasteiger partial charge in [-0.1, -0.05) is 30.3 Å². The first-order valence-corrected chi connectivity index (χ1v) is 12.7. The fraction of sp³-hybridized carbons (Fsp3) is 0.172. The third-order valence-electron chi connectivity index (χ3n) is 6.30. The van der Waals surface area contributed by atoms with Crippen LogP contribution in [0.15, 0.2) is 79.0 Å². The van der Waals surface area contributed by atoms with Crippen molar-refractivity contribution in [2.45, 2.75) is 26.2 Å². The minimum Gasteiger partial charge on any atom is -0.465 e. The summed E-state index contributed by atoms with van der Waals surface area (Å²) in [6, 6.07) is 20.5. The fourth-order valence-electron chi connectivity index (χ4n) is 4.31. The number of hydrogen-bond acceptors (Lipinski definition) is 5. The van der Waals surface area contributed by atoms with Gasteiger partial charge in [-0.2, -0.15) is 13.2 Å². The van der Waals surface area contributed by atoms with Crippen molar-refractivity contribution in [3.63, 3.8) is 0 Å². The summed E-state index contributed by atoms with van der Waals surface area (Å²) in [5.74, 6) is -0.394. The summed E-state index contributed by atoms with van der Waals surface area (Å²) in [5, 5.41) is 5.08. The smallest absolute Gasteiger partial charge is 0.416 e. The molecule has 0 aliphatic rings. The third-order valence-corrected chi connectivity index (χ3v) is 7.50. The standard InChI is InChI=1S/C29H24F3N3O2S/c1-18-26(38-27(34-18)19-8-11-22(12-9-19)29(30,31)32)16-33-15-21-17-35(23-6-4-3-5-7-23)25-13-10-20(14-24(21)25)28(36)37-2/h3-14,17,33H,15-16H2,1-2H3. The number of aromatic nitrogens is 2. The van der Waals surface area contributed by atoms with E-state index in [2.05, 4.69) is 21.1 Å². The Kier molecular flexibility index (Phi) is 7.05. The molecule has 0 bridgehead atoms. The molecule has 5 rings (SSSR count).